The maximum atomic E-state index is 12.8. The molecule has 0 unspecified atom stereocenters. The minimum Gasteiger partial charge on any atom is -0.369 e. The summed E-state index contributed by atoms with van der Waals surface area (Å²) in [4.78, 5) is 28.3. The highest BCUT2D eigenvalue weighted by molar-refractivity contribution is 5.75. The Morgan fingerprint density at radius 3 is 2.34 bits per heavy atom. The molecule has 0 saturated carbocycles. The Balaban J connectivity index is 1.42. The molecule has 6 nitrogen and oxygen atoms in total. The number of piperazine rings is 1. The van der Waals surface area contributed by atoms with Gasteiger partial charge in [-0.3, -0.25) is 14.5 Å². The van der Waals surface area contributed by atoms with Crippen LogP contribution in [0.25, 0.3) is 0 Å². The number of nitrogens with one attached hydrogen (secondary N) is 1. The fourth-order valence-electron chi connectivity index (χ4n) is 3.26. The number of alkyl halides is 3. The number of benzene rings is 1. The Bertz CT molecular complexity index is 875. The first-order valence-electron chi connectivity index (χ1n) is 9.40. The number of amides is 1. The first kappa shape index (κ1) is 20.9. The van der Waals surface area contributed by atoms with Gasteiger partial charge in [-0.05, 0) is 18.2 Å². The summed E-state index contributed by atoms with van der Waals surface area (Å²) in [5.41, 5.74) is -0.418. The van der Waals surface area contributed by atoms with E-state index < -0.39 is 29.8 Å². The number of aromatic nitrogens is 1. The van der Waals surface area contributed by atoms with Crippen molar-refractivity contribution in [2.24, 2.45) is 0 Å². The fourth-order valence-corrected chi connectivity index (χ4v) is 3.26. The second-order valence-electron chi connectivity index (χ2n) is 6.90. The predicted octanol–water partition coefficient (Wildman–Crippen LogP) is 1.81. The highest BCUT2D eigenvalue weighted by Crippen LogP contribution is 2.27. The van der Waals surface area contributed by atoms with E-state index in [1.165, 1.54) is 5.69 Å². The van der Waals surface area contributed by atoms with E-state index in [4.69, 9.17) is 0 Å². The van der Waals surface area contributed by atoms with Crippen LogP contribution in [-0.4, -0.2) is 54.6 Å². The van der Waals surface area contributed by atoms with Crippen LogP contribution < -0.4 is 15.8 Å². The SMILES string of the molecule is O=C(Cn1cc(C(F)(F)F)ccc1=O)NCCN1CCN(c2ccccc2)CC1. The van der Waals surface area contributed by atoms with Crippen molar-refractivity contribution in [2.75, 3.05) is 44.2 Å². The summed E-state index contributed by atoms with van der Waals surface area (Å²) < 4.78 is 39.0. The molecular formula is C20H23F3N4O2. The maximum absolute atomic E-state index is 12.8. The van der Waals surface area contributed by atoms with E-state index in [1.807, 2.05) is 18.2 Å². The number of carbonyl (C=O) groups excluding carboxylic acids is 1. The Hall–Kier alpha value is -2.81. The van der Waals surface area contributed by atoms with E-state index in [0.717, 1.165) is 36.8 Å². The van der Waals surface area contributed by atoms with E-state index in [0.29, 0.717) is 25.4 Å². The zero-order valence-corrected chi connectivity index (χ0v) is 15.9. The van der Waals surface area contributed by atoms with Crippen molar-refractivity contribution in [3.05, 3.63) is 64.6 Å². The van der Waals surface area contributed by atoms with Gasteiger partial charge in [0, 0.05) is 57.2 Å². The topological polar surface area (TPSA) is 57.6 Å². The third-order valence-electron chi connectivity index (χ3n) is 4.87. The van der Waals surface area contributed by atoms with Crippen LogP contribution in [0.5, 0.6) is 0 Å². The molecule has 156 valence electrons. The van der Waals surface area contributed by atoms with Gasteiger partial charge in [0.2, 0.25) is 5.91 Å². The van der Waals surface area contributed by atoms with Gasteiger partial charge in [0.1, 0.15) is 6.54 Å². The molecule has 0 aliphatic carbocycles. The average molecular weight is 408 g/mol. The average Bonchev–Trinajstić information content (AvgIpc) is 2.70. The molecule has 1 aromatic carbocycles. The number of anilines is 1. The van der Waals surface area contributed by atoms with Crippen LogP contribution in [-0.2, 0) is 17.5 Å². The van der Waals surface area contributed by atoms with Crippen LogP contribution in [0.2, 0.25) is 0 Å². The molecule has 1 aliphatic heterocycles. The molecule has 1 N–H and O–H groups in total. The molecule has 1 aliphatic rings. The van der Waals surface area contributed by atoms with Crippen LogP contribution in [0.3, 0.4) is 0 Å². The van der Waals surface area contributed by atoms with E-state index in [-0.39, 0.29) is 0 Å². The fraction of sp³-hybridized carbons (Fsp3) is 0.400. The molecular weight excluding hydrogens is 385 g/mol. The molecule has 0 bridgehead atoms. The van der Waals surface area contributed by atoms with Gasteiger partial charge in [-0.25, -0.2) is 0 Å². The van der Waals surface area contributed by atoms with Crippen LogP contribution >= 0.6 is 0 Å². The van der Waals surface area contributed by atoms with Crippen LogP contribution in [0.4, 0.5) is 18.9 Å². The molecule has 0 spiro atoms. The highest BCUT2D eigenvalue weighted by Gasteiger charge is 2.31. The Labute approximate surface area is 166 Å². The summed E-state index contributed by atoms with van der Waals surface area (Å²) in [6.07, 6.45) is -3.89. The molecule has 1 saturated heterocycles. The van der Waals surface area contributed by atoms with Crippen molar-refractivity contribution in [2.45, 2.75) is 12.7 Å². The van der Waals surface area contributed by atoms with Gasteiger partial charge in [0.15, 0.2) is 0 Å². The maximum Gasteiger partial charge on any atom is 0.417 e. The third-order valence-corrected chi connectivity index (χ3v) is 4.87. The van der Waals surface area contributed by atoms with Crippen molar-refractivity contribution >= 4 is 11.6 Å². The summed E-state index contributed by atoms with van der Waals surface area (Å²) >= 11 is 0. The molecule has 0 radical (unpaired) electrons. The molecule has 1 amide bonds. The number of hydrogen-bond donors (Lipinski definition) is 1. The zero-order chi connectivity index (χ0) is 20.9. The summed E-state index contributed by atoms with van der Waals surface area (Å²) in [5.74, 6) is -0.491. The van der Waals surface area contributed by atoms with Crippen LogP contribution in [0.15, 0.2) is 53.5 Å². The Morgan fingerprint density at radius 1 is 1.00 bits per heavy atom. The smallest absolute Gasteiger partial charge is 0.369 e. The molecule has 3 rings (SSSR count). The lowest BCUT2D eigenvalue weighted by molar-refractivity contribution is -0.138. The van der Waals surface area contributed by atoms with Gasteiger partial charge in [0.25, 0.3) is 5.56 Å². The van der Waals surface area contributed by atoms with E-state index in [9.17, 15) is 22.8 Å². The first-order chi connectivity index (χ1) is 13.8. The second-order valence-corrected chi connectivity index (χ2v) is 6.90. The highest BCUT2D eigenvalue weighted by atomic mass is 19.4. The molecule has 9 heteroatoms. The van der Waals surface area contributed by atoms with Gasteiger partial charge in [-0.15, -0.1) is 0 Å². The summed E-state index contributed by atoms with van der Waals surface area (Å²) in [6.45, 7) is 4.07. The molecule has 1 fully saturated rings. The standard InChI is InChI=1S/C20H23F3N4O2/c21-20(22,23)16-6-7-19(29)27(14-16)15-18(28)24-8-9-25-10-12-26(13-11-25)17-4-2-1-3-5-17/h1-7,14H,8-13,15H2,(H,24,28). The number of hydrogen-bond acceptors (Lipinski definition) is 4. The van der Waals surface area contributed by atoms with Gasteiger partial charge in [0.05, 0.1) is 5.56 Å². The number of halogens is 3. The Morgan fingerprint density at radius 2 is 1.69 bits per heavy atom. The quantitative estimate of drug-likeness (QED) is 0.792. The van der Waals surface area contributed by atoms with Gasteiger partial charge >= 0.3 is 6.18 Å². The van der Waals surface area contributed by atoms with Crippen molar-refractivity contribution < 1.29 is 18.0 Å². The second kappa shape index (κ2) is 9.13. The van der Waals surface area contributed by atoms with Gasteiger partial charge in [-0.2, -0.15) is 13.2 Å². The molecule has 29 heavy (non-hydrogen) atoms. The van der Waals surface area contributed by atoms with Crippen molar-refractivity contribution in [1.82, 2.24) is 14.8 Å². The molecule has 2 aromatic rings. The van der Waals surface area contributed by atoms with Gasteiger partial charge in [-0.1, -0.05) is 18.2 Å². The molecule has 0 atom stereocenters. The van der Waals surface area contributed by atoms with E-state index >= 15 is 0 Å². The van der Waals surface area contributed by atoms with Crippen LogP contribution in [0, 0.1) is 0 Å². The number of pyridine rings is 1. The zero-order valence-electron chi connectivity index (χ0n) is 15.9. The summed E-state index contributed by atoms with van der Waals surface area (Å²) in [6, 6.07) is 11.7. The summed E-state index contributed by atoms with van der Waals surface area (Å²) in [5, 5.41) is 2.67. The van der Waals surface area contributed by atoms with E-state index in [2.05, 4.69) is 27.2 Å². The lowest BCUT2D eigenvalue weighted by Crippen LogP contribution is -2.48. The normalized spacial score (nSPS) is 15.3. The lowest BCUT2D eigenvalue weighted by atomic mass is 10.2. The molecule has 2 heterocycles. The minimum atomic E-state index is -4.56. The van der Waals surface area contributed by atoms with Crippen molar-refractivity contribution in [1.29, 1.82) is 0 Å². The minimum absolute atomic E-state index is 0.373. The largest absolute Gasteiger partial charge is 0.417 e. The first-order valence-corrected chi connectivity index (χ1v) is 9.40. The summed E-state index contributed by atoms with van der Waals surface area (Å²) in [7, 11) is 0. The van der Waals surface area contributed by atoms with E-state index in [1.54, 1.807) is 0 Å². The lowest BCUT2D eigenvalue weighted by Gasteiger charge is -2.36. The van der Waals surface area contributed by atoms with Gasteiger partial charge < -0.3 is 14.8 Å². The third kappa shape index (κ3) is 5.83. The van der Waals surface area contributed by atoms with Crippen molar-refractivity contribution in [3.8, 4) is 0 Å². The number of para-hydroxylation sites is 1. The number of carbonyl (C=O) groups is 1. The van der Waals surface area contributed by atoms with Crippen LogP contribution in [0.1, 0.15) is 5.56 Å². The van der Waals surface area contributed by atoms with Crippen molar-refractivity contribution in [3.63, 3.8) is 0 Å². The predicted molar refractivity (Wildman–Crippen MR) is 104 cm³/mol. The Kier molecular flexibility index (Phi) is 6.58. The monoisotopic (exact) mass is 408 g/mol. The number of nitrogens with zero attached hydrogens (tertiary/aromatic N) is 3. The molecule has 1 aromatic heterocycles. The number of rotatable bonds is 6.